The van der Waals surface area contributed by atoms with Crippen molar-refractivity contribution in [2.24, 2.45) is 0 Å². The molecule has 0 saturated heterocycles. The number of benzene rings is 1. The second kappa shape index (κ2) is 7.68. The van der Waals surface area contributed by atoms with E-state index in [9.17, 15) is 4.79 Å². The molecular weight excluding hydrogens is 324 g/mol. The Hall–Kier alpha value is -2.69. The van der Waals surface area contributed by atoms with Crippen molar-refractivity contribution in [1.29, 1.82) is 0 Å². The smallest absolute Gasteiger partial charge is 0.254 e. The van der Waals surface area contributed by atoms with Crippen molar-refractivity contribution in [2.75, 3.05) is 18.0 Å². The van der Waals surface area contributed by atoms with E-state index in [0.29, 0.717) is 18.1 Å². The zero-order chi connectivity index (χ0) is 17.8. The molecular formula is C21H24N4O. The summed E-state index contributed by atoms with van der Waals surface area (Å²) >= 11 is 0. The highest BCUT2D eigenvalue weighted by Gasteiger charge is 2.21. The summed E-state index contributed by atoms with van der Waals surface area (Å²) in [7, 11) is 0. The third kappa shape index (κ3) is 3.62. The molecule has 0 fully saturated rings. The average Bonchev–Trinajstić information content (AvgIpc) is 3.13. The first kappa shape index (κ1) is 16.8. The normalized spacial score (nSPS) is 16.2. The predicted molar refractivity (Wildman–Crippen MR) is 103 cm³/mol. The molecule has 1 aromatic heterocycles. The second-order valence-corrected chi connectivity index (χ2v) is 6.92. The summed E-state index contributed by atoms with van der Waals surface area (Å²) in [6.07, 6.45) is 12.4. The second-order valence-electron chi connectivity index (χ2n) is 6.92. The maximum absolute atomic E-state index is 12.3. The van der Waals surface area contributed by atoms with Gasteiger partial charge in [-0.2, -0.15) is 0 Å². The number of carbonyl (C=O) groups excluding carboxylic acids is 1. The Morgan fingerprint density at radius 2 is 1.96 bits per heavy atom. The largest absolute Gasteiger partial charge is 0.352 e. The first-order valence-electron chi connectivity index (χ1n) is 9.45. The third-order valence-corrected chi connectivity index (χ3v) is 5.15. The molecule has 0 radical (unpaired) electrons. The SMILES string of the molecule is O=C(NCCC1=CCCCC1)c1cnc(N2CCc3ccccc32)nc1. The average molecular weight is 348 g/mol. The summed E-state index contributed by atoms with van der Waals surface area (Å²) in [5, 5.41) is 2.98. The van der Waals surface area contributed by atoms with Crippen molar-refractivity contribution in [1.82, 2.24) is 15.3 Å². The lowest BCUT2D eigenvalue weighted by molar-refractivity contribution is 0.0953. The highest BCUT2D eigenvalue weighted by Crippen LogP contribution is 2.31. The molecule has 5 heteroatoms. The molecule has 1 aliphatic carbocycles. The van der Waals surface area contributed by atoms with Crippen molar-refractivity contribution < 1.29 is 4.79 Å². The maximum Gasteiger partial charge on any atom is 0.254 e. The van der Waals surface area contributed by atoms with Crippen LogP contribution in [0.25, 0.3) is 0 Å². The molecule has 26 heavy (non-hydrogen) atoms. The van der Waals surface area contributed by atoms with Crippen LogP contribution < -0.4 is 10.2 Å². The van der Waals surface area contributed by atoms with Crippen LogP contribution >= 0.6 is 0 Å². The molecule has 5 nitrogen and oxygen atoms in total. The Morgan fingerprint density at radius 1 is 1.12 bits per heavy atom. The van der Waals surface area contributed by atoms with E-state index in [4.69, 9.17) is 0 Å². The molecule has 4 rings (SSSR count). The van der Waals surface area contributed by atoms with Crippen molar-refractivity contribution >= 4 is 17.5 Å². The summed E-state index contributed by atoms with van der Waals surface area (Å²) in [6, 6.07) is 8.31. The van der Waals surface area contributed by atoms with Gasteiger partial charge >= 0.3 is 0 Å². The number of carbonyl (C=O) groups is 1. The third-order valence-electron chi connectivity index (χ3n) is 5.15. The van der Waals surface area contributed by atoms with E-state index < -0.39 is 0 Å². The molecule has 0 atom stereocenters. The van der Waals surface area contributed by atoms with Crippen LogP contribution in [0.1, 0.15) is 48.0 Å². The van der Waals surface area contributed by atoms with Gasteiger partial charge in [-0.3, -0.25) is 4.79 Å². The Labute approximate surface area is 154 Å². The van der Waals surface area contributed by atoms with Gasteiger partial charge in [-0.1, -0.05) is 29.8 Å². The standard InChI is InChI=1S/C21H24N4O/c26-20(22-12-10-16-6-2-1-3-7-16)18-14-23-21(24-15-18)25-13-11-17-8-4-5-9-19(17)25/h4-6,8-9,14-15H,1-3,7,10-13H2,(H,22,26). The van der Waals surface area contributed by atoms with Crippen LogP contribution in [0.5, 0.6) is 0 Å². The minimum Gasteiger partial charge on any atom is -0.352 e. The molecule has 1 amide bonds. The van der Waals surface area contributed by atoms with E-state index in [1.165, 1.54) is 36.8 Å². The molecule has 2 aliphatic rings. The lowest BCUT2D eigenvalue weighted by Gasteiger charge is -2.17. The fourth-order valence-corrected chi connectivity index (χ4v) is 3.69. The minimum absolute atomic E-state index is 0.102. The maximum atomic E-state index is 12.3. The number of para-hydroxylation sites is 1. The van der Waals surface area contributed by atoms with Crippen LogP contribution in [0.15, 0.2) is 48.3 Å². The summed E-state index contributed by atoms with van der Waals surface area (Å²) < 4.78 is 0. The number of nitrogens with zero attached hydrogens (tertiary/aromatic N) is 3. The lowest BCUT2D eigenvalue weighted by Crippen LogP contribution is -2.25. The molecule has 0 saturated carbocycles. The highest BCUT2D eigenvalue weighted by atomic mass is 16.1. The van der Waals surface area contributed by atoms with E-state index in [1.807, 2.05) is 6.07 Å². The summed E-state index contributed by atoms with van der Waals surface area (Å²) in [5.41, 5.74) is 4.45. The van der Waals surface area contributed by atoms with Crippen LogP contribution in [0.4, 0.5) is 11.6 Å². The van der Waals surface area contributed by atoms with Gasteiger partial charge in [0.2, 0.25) is 5.95 Å². The van der Waals surface area contributed by atoms with Crippen molar-refractivity contribution in [3.05, 3.63) is 59.4 Å². The molecule has 0 spiro atoms. The Kier molecular flexibility index (Phi) is 4.95. The number of nitrogens with one attached hydrogen (secondary N) is 1. The molecule has 2 heterocycles. The van der Waals surface area contributed by atoms with Gasteiger partial charge in [-0.15, -0.1) is 0 Å². The van der Waals surface area contributed by atoms with E-state index >= 15 is 0 Å². The quantitative estimate of drug-likeness (QED) is 0.835. The van der Waals surface area contributed by atoms with Crippen molar-refractivity contribution in [3.63, 3.8) is 0 Å². The molecule has 134 valence electrons. The van der Waals surface area contributed by atoms with Gasteiger partial charge in [0.15, 0.2) is 0 Å². The van der Waals surface area contributed by atoms with Crippen LogP contribution in [-0.2, 0) is 6.42 Å². The van der Waals surface area contributed by atoms with Crippen LogP contribution in [0.3, 0.4) is 0 Å². The molecule has 1 aliphatic heterocycles. The number of anilines is 2. The molecule has 1 N–H and O–H groups in total. The summed E-state index contributed by atoms with van der Waals surface area (Å²) in [5.74, 6) is 0.550. The summed E-state index contributed by atoms with van der Waals surface area (Å²) in [4.78, 5) is 23.2. The van der Waals surface area contributed by atoms with E-state index in [0.717, 1.165) is 25.1 Å². The van der Waals surface area contributed by atoms with E-state index in [-0.39, 0.29) is 5.91 Å². The van der Waals surface area contributed by atoms with Crippen LogP contribution in [-0.4, -0.2) is 29.0 Å². The van der Waals surface area contributed by atoms with E-state index in [1.54, 1.807) is 12.4 Å². The predicted octanol–water partition coefficient (Wildman–Crippen LogP) is 3.79. The Morgan fingerprint density at radius 3 is 2.77 bits per heavy atom. The number of allylic oxidation sites excluding steroid dienone is 1. The Bertz CT molecular complexity index is 813. The number of fused-ring (bicyclic) bond motifs is 1. The van der Waals surface area contributed by atoms with Gasteiger partial charge in [-0.05, 0) is 50.2 Å². The van der Waals surface area contributed by atoms with Gasteiger partial charge in [0.05, 0.1) is 5.56 Å². The topological polar surface area (TPSA) is 58.1 Å². The molecule has 1 aromatic carbocycles. The fraction of sp³-hybridized carbons (Fsp3) is 0.381. The lowest BCUT2D eigenvalue weighted by atomic mass is 9.97. The van der Waals surface area contributed by atoms with E-state index in [2.05, 4.69) is 44.5 Å². The minimum atomic E-state index is -0.102. The first-order chi connectivity index (χ1) is 12.8. The monoisotopic (exact) mass is 348 g/mol. The van der Waals surface area contributed by atoms with Crippen molar-refractivity contribution in [3.8, 4) is 0 Å². The Balaban J connectivity index is 1.35. The summed E-state index contributed by atoms with van der Waals surface area (Å²) in [6.45, 7) is 1.55. The van der Waals surface area contributed by atoms with Crippen LogP contribution in [0, 0.1) is 0 Å². The van der Waals surface area contributed by atoms with Gasteiger partial charge in [0.1, 0.15) is 0 Å². The number of hydrogen-bond acceptors (Lipinski definition) is 4. The fourth-order valence-electron chi connectivity index (χ4n) is 3.69. The number of hydrogen-bond donors (Lipinski definition) is 1. The zero-order valence-corrected chi connectivity index (χ0v) is 14.9. The number of rotatable bonds is 5. The number of amides is 1. The van der Waals surface area contributed by atoms with Gasteiger partial charge in [0, 0.05) is 31.2 Å². The molecule has 0 bridgehead atoms. The highest BCUT2D eigenvalue weighted by molar-refractivity contribution is 5.93. The molecule has 2 aromatic rings. The first-order valence-corrected chi connectivity index (χ1v) is 9.45. The van der Waals surface area contributed by atoms with Crippen molar-refractivity contribution in [2.45, 2.75) is 38.5 Å². The zero-order valence-electron chi connectivity index (χ0n) is 14.9. The number of aromatic nitrogens is 2. The van der Waals surface area contributed by atoms with Gasteiger partial charge in [0.25, 0.3) is 5.91 Å². The van der Waals surface area contributed by atoms with Gasteiger partial charge in [-0.25, -0.2) is 9.97 Å². The van der Waals surface area contributed by atoms with Crippen LogP contribution in [0.2, 0.25) is 0 Å². The molecule has 0 unspecified atom stereocenters. The van der Waals surface area contributed by atoms with Gasteiger partial charge < -0.3 is 10.2 Å².